The van der Waals surface area contributed by atoms with Crippen molar-refractivity contribution < 1.29 is 0 Å². The Hall–Kier alpha value is -1.65. The Morgan fingerprint density at radius 2 is 1.80 bits per heavy atom. The van der Waals surface area contributed by atoms with Crippen molar-refractivity contribution in [3.8, 4) is 0 Å². The molecule has 0 saturated heterocycles. The average Bonchev–Trinajstić information content (AvgIpc) is 2.55. The molecule has 1 heterocycles. The second-order valence-electron chi connectivity index (χ2n) is 6.76. The van der Waals surface area contributed by atoms with Crippen molar-refractivity contribution in [2.24, 2.45) is 4.99 Å². The lowest BCUT2D eigenvalue weighted by Gasteiger charge is -2.32. The van der Waals surface area contributed by atoms with Gasteiger partial charge >= 0.3 is 0 Å². The predicted octanol–water partition coefficient (Wildman–Crippen LogP) is 5.57. The van der Waals surface area contributed by atoms with Crippen molar-refractivity contribution in [2.45, 2.75) is 31.4 Å². The van der Waals surface area contributed by atoms with Crippen LogP contribution < -0.4 is 10.2 Å². The molecule has 0 bridgehead atoms. The van der Waals surface area contributed by atoms with Crippen molar-refractivity contribution in [1.29, 1.82) is 0 Å². The molecule has 3 nitrogen and oxygen atoms in total. The van der Waals surface area contributed by atoms with E-state index in [-0.39, 0.29) is 17.3 Å². The van der Waals surface area contributed by atoms with Gasteiger partial charge in [0, 0.05) is 31.8 Å². The summed E-state index contributed by atoms with van der Waals surface area (Å²) in [4.78, 5) is 6.67. The van der Waals surface area contributed by atoms with E-state index in [1.807, 2.05) is 18.0 Å². The lowest BCUT2D eigenvalue weighted by molar-refractivity contribution is 0.970. The molecule has 25 heavy (non-hydrogen) atoms. The molecular weight excluding hydrogens is 350 g/mol. The molecule has 0 radical (unpaired) electrons. The first-order chi connectivity index (χ1) is 11.4. The summed E-state index contributed by atoms with van der Waals surface area (Å²) in [6, 6.07) is 12.9. The molecule has 134 valence electrons. The van der Waals surface area contributed by atoms with Crippen molar-refractivity contribution in [3.05, 3.63) is 53.1 Å². The molecular formula is C20H26ClN3S. The number of benzene rings is 2. The predicted molar refractivity (Wildman–Crippen MR) is 115 cm³/mol. The van der Waals surface area contributed by atoms with Crippen molar-refractivity contribution in [3.63, 3.8) is 0 Å². The number of rotatable bonds is 4. The van der Waals surface area contributed by atoms with Crippen LogP contribution in [0.25, 0.3) is 0 Å². The van der Waals surface area contributed by atoms with Crippen LogP contribution in [0, 0.1) is 13.8 Å². The quantitative estimate of drug-likeness (QED) is 0.757. The summed E-state index contributed by atoms with van der Waals surface area (Å²) in [5.74, 6) is 0.935. The number of aliphatic imine (C=N–C) groups is 1. The number of thioether (sulfide) groups is 1. The van der Waals surface area contributed by atoms with Crippen LogP contribution in [0.5, 0.6) is 0 Å². The standard InChI is InChI=1S/C20H25N3S.ClH/c1-14-10-17-18(11-15(14)2)22-20(3,13-21-17)24-12-16-8-6-7-9-19(16)23(4)5;/h6-11,13,22H,12H2,1-5H3;1H. The van der Waals surface area contributed by atoms with Crippen LogP contribution in [0.4, 0.5) is 17.1 Å². The molecule has 1 atom stereocenters. The first-order valence-corrected chi connectivity index (χ1v) is 9.20. The fourth-order valence-electron chi connectivity index (χ4n) is 2.87. The van der Waals surface area contributed by atoms with Crippen molar-refractivity contribution in [1.82, 2.24) is 0 Å². The van der Waals surface area contributed by atoms with E-state index >= 15 is 0 Å². The van der Waals surface area contributed by atoms with E-state index in [1.165, 1.54) is 22.4 Å². The van der Waals surface area contributed by atoms with E-state index in [1.54, 1.807) is 0 Å². The largest absolute Gasteiger partial charge is 0.377 e. The van der Waals surface area contributed by atoms with Gasteiger partial charge in [-0.25, -0.2) is 0 Å². The molecule has 5 heteroatoms. The number of hydrogen-bond acceptors (Lipinski definition) is 4. The third-order valence-electron chi connectivity index (χ3n) is 4.45. The maximum atomic E-state index is 4.70. The minimum Gasteiger partial charge on any atom is -0.377 e. The zero-order valence-electron chi connectivity index (χ0n) is 15.5. The molecule has 0 aliphatic carbocycles. The Morgan fingerprint density at radius 3 is 2.52 bits per heavy atom. The highest BCUT2D eigenvalue weighted by Gasteiger charge is 2.27. The zero-order chi connectivity index (χ0) is 17.3. The number of fused-ring (bicyclic) bond motifs is 1. The average molecular weight is 376 g/mol. The number of para-hydroxylation sites is 1. The zero-order valence-corrected chi connectivity index (χ0v) is 17.1. The van der Waals surface area contributed by atoms with Gasteiger partial charge in [-0.3, -0.25) is 4.99 Å². The normalized spacial score (nSPS) is 18.1. The van der Waals surface area contributed by atoms with Crippen LogP contribution in [-0.4, -0.2) is 25.2 Å². The lowest BCUT2D eigenvalue weighted by atomic mass is 10.1. The topological polar surface area (TPSA) is 27.6 Å². The Bertz CT molecular complexity index is 789. The van der Waals surface area contributed by atoms with Crippen LogP contribution in [-0.2, 0) is 5.75 Å². The Morgan fingerprint density at radius 1 is 1.12 bits per heavy atom. The number of nitrogens with zero attached hydrogens (tertiary/aromatic N) is 2. The van der Waals surface area contributed by atoms with Gasteiger partial charge in [0.1, 0.15) is 4.87 Å². The maximum absolute atomic E-state index is 4.70. The molecule has 2 aromatic rings. The molecule has 0 spiro atoms. The van der Waals surface area contributed by atoms with Crippen LogP contribution in [0.3, 0.4) is 0 Å². The molecule has 3 rings (SSSR count). The second-order valence-corrected chi connectivity index (χ2v) is 8.18. The first-order valence-electron chi connectivity index (χ1n) is 8.22. The van der Waals surface area contributed by atoms with E-state index < -0.39 is 0 Å². The van der Waals surface area contributed by atoms with E-state index in [2.05, 4.69) is 81.5 Å². The van der Waals surface area contributed by atoms with Crippen LogP contribution >= 0.6 is 24.2 Å². The number of halogens is 1. The van der Waals surface area contributed by atoms with Gasteiger partial charge in [-0.15, -0.1) is 24.2 Å². The van der Waals surface area contributed by atoms with Gasteiger partial charge in [0.25, 0.3) is 0 Å². The fraction of sp³-hybridized carbons (Fsp3) is 0.350. The first kappa shape index (κ1) is 19.7. The Balaban J connectivity index is 0.00000225. The minimum absolute atomic E-state index is 0. The van der Waals surface area contributed by atoms with E-state index in [0.29, 0.717) is 0 Å². The van der Waals surface area contributed by atoms with E-state index in [0.717, 1.165) is 17.1 Å². The Kier molecular flexibility index (Phi) is 6.07. The van der Waals surface area contributed by atoms with Gasteiger partial charge in [0.05, 0.1) is 11.4 Å². The van der Waals surface area contributed by atoms with Crippen molar-refractivity contribution in [2.75, 3.05) is 24.3 Å². The number of aryl methyl sites for hydroxylation is 2. The molecule has 0 saturated carbocycles. The fourth-order valence-corrected chi connectivity index (χ4v) is 3.88. The lowest BCUT2D eigenvalue weighted by Crippen LogP contribution is -2.34. The maximum Gasteiger partial charge on any atom is 0.117 e. The molecule has 1 unspecified atom stereocenters. The third-order valence-corrected chi connectivity index (χ3v) is 5.71. The minimum atomic E-state index is -0.200. The van der Waals surface area contributed by atoms with E-state index in [9.17, 15) is 0 Å². The summed E-state index contributed by atoms with van der Waals surface area (Å²) in [6.07, 6.45) is 2.03. The number of anilines is 2. The molecule has 0 aromatic heterocycles. The number of hydrogen-bond donors (Lipinski definition) is 1. The van der Waals surface area contributed by atoms with E-state index in [4.69, 9.17) is 4.99 Å². The van der Waals surface area contributed by atoms with Crippen molar-refractivity contribution >= 4 is 47.4 Å². The summed E-state index contributed by atoms with van der Waals surface area (Å²) in [5.41, 5.74) is 7.34. The summed E-state index contributed by atoms with van der Waals surface area (Å²) < 4.78 is 0. The SMILES string of the molecule is Cc1cc2c(cc1C)NC(C)(SCc1ccccc1N(C)C)C=N2.Cl. The molecule has 2 aromatic carbocycles. The highest BCUT2D eigenvalue weighted by Crippen LogP contribution is 2.39. The van der Waals surface area contributed by atoms with Gasteiger partial charge in [-0.05, 0) is 55.7 Å². The van der Waals surface area contributed by atoms with Gasteiger partial charge in [0.2, 0.25) is 0 Å². The van der Waals surface area contributed by atoms with Gasteiger partial charge in [-0.2, -0.15) is 0 Å². The summed E-state index contributed by atoms with van der Waals surface area (Å²) in [5, 5.41) is 3.66. The molecule has 1 N–H and O–H groups in total. The number of nitrogens with one attached hydrogen (secondary N) is 1. The Labute approximate surface area is 161 Å². The highest BCUT2D eigenvalue weighted by molar-refractivity contribution is 8.00. The summed E-state index contributed by atoms with van der Waals surface area (Å²) in [7, 11) is 4.18. The van der Waals surface area contributed by atoms with Crippen LogP contribution in [0.2, 0.25) is 0 Å². The van der Waals surface area contributed by atoms with Crippen LogP contribution in [0.1, 0.15) is 23.6 Å². The van der Waals surface area contributed by atoms with Gasteiger partial charge in [-0.1, -0.05) is 18.2 Å². The second kappa shape index (κ2) is 7.71. The smallest absolute Gasteiger partial charge is 0.117 e. The summed E-state index contributed by atoms with van der Waals surface area (Å²) >= 11 is 1.87. The molecule has 0 fully saturated rings. The third kappa shape index (κ3) is 4.31. The molecule has 1 aliphatic rings. The van der Waals surface area contributed by atoms with Gasteiger partial charge in [0.15, 0.2) is 0 Å². The van der Waals surface area contributed by atoms with Gasteiger partial charge < -0.3 is 10.2 Å². The monoisotopic (exact) mass is 375 g/mol. The van der Waals surface area contributed by atoms with Crippen LogP contribution in [0.15, 0.2) is 41.4 Å². The molecule has 0 amide bonds. The summed E-state index contributed by atoms with van der Waals surface area (Å²) in [6.45, 7) is 6.47. The molecule has 1 aliphatic heterocycles. The highest BCUT2D eigenvalue weighted by atomic mass is 35.5.